The normalized spacial score (nSPS) is 13.3. The molecule has 337 valence electrons. The van der Waals surface area contributed by atoms with Gasteiger partial charge in [0.1, 0.15) is 0 Å². The molecular weight excluding hydrogens is 820 g/mol. The standard InChI is InChI=1S/C65H64BN2/c1-8-10-13-21-42-29-33-46(34-30-42)67-58-41-50-49-27-19-20-28-55(49)65(6,7)56(50)40-51(58)53-39-52(48-26-18-17-25-47(48)44-23-15-12-16-24-44)61-54-38-45(64(3,4)5)32-36-59(54)68-60-35-31-43(22-14-11-9-2)37-57(60)66-62(53)63(61)68/h12,15-20,23-41,67H,8-11,13-14,21-22H2,1-7H3. The molecule has 0 amide bonds. The fraction of sp³-hybridized carbons (Fsp3) is 0.262. The van der Waals surface area contributed by atoms with Crippen molar-refractivity contribution in [1.29, 1.82) is 0 Å². The lowest BCUT2D eigenvalue weighted by Gasteiger charge is -2.27. The highest BCUT2D eigenvalue weighted by atomic mass is 15.0. The number of unbranched alkanes of at least 4 members (excludes halogenated alkanes) is 4. The Balaban J connectivity index is 1.24. The van der Waals surface area contributed by atoms with Gasteiger partial charge in [-0.15, -0.1) is 0 Å². The Hall–Kier alpha value is -6.58. The summed E-state index contributed by atoms with van der Waals surface area (Å²) in [6, 6.07) is 60.5. The van der Waals surface area contributed by atoms with Crippen molar-refractivity contribution in [3.63, 3.8) is 0 Å². The van der Waals surface area contributed by atoms with Crippen LogP contribution in [0.3, 0.4) is 0 Å². The van der Waals surface area contributed by atoms with E-state index in [-0.39, 0.29) is 10.8 Å². The minimum Gasteiger partial charge on any atom is -0.355 e. The number of benzene rings is 8. The molecular formula is C65H64BN2. The Kier molecular flexibility index (Phi) is 11.3. The van der Waals surface area contributed by atoms with Gasteiger partial charge < -0.3 is 9.88 Å². The van der Waals surface area contributed by atoms with E-state index in [0.29, 0.717) is 0 Å². The van der Waals surface area contributed by atoms with Crippen LogP contribution >= 0.6 is 0 Å². The van der Waals surface area contributed by atoms with E-state index in [2.05, 4.69) is 223 Å². The van der Waals surface area contributed by atoms with Crippen LogP contribution in [0.4, 0.5) is 11.4 Å². The Bertz CT molecular complexity index is 3360. The number of rotatable bonds is 13. The Morgan fingerprint density at radius 3 is 1.96 bits per heavy atom. The van der Waals surface area contributed by atoms with Crippen molar-refractivity contribution >= 4 is 51.4 Å². The fourth-order valence-electron chi connectivity index (χ4n) is 11.5. The quantitative estimate of drug-likeness (QED) is 0.0902. The molecule has 68 heavy (non-hydrogen) atoms. The minimum absolute atomic E-state index is 0.0197. The number of nitrogens with zero attached hydrogens (tertiary/aromatic N) is 1. The van der Waals surface area contributed by atoms with E-state index >= 15 is 0 Å². The van der Waals surface area contributed by atoms with Crippen LogP contribution < -0.4 is 16.2 Å². The lowest BCUT2D eigenvalue weighted by molar-refractivity contribution is 0.591. The maximum absolute atomic E-state index is 4.07. The summed E-state index contributed by atoms with van der Waals surface area (Å²) >= 11 is 0. The van der Waals surface area contributed by atoms with Crippen LogP contribution in [0.2, 0.25) is 0 Å². The first-order valence-electron chi connectivity index (χ1n) is 25.5. The van der Waals surface area contributed by atoms with Gasteiger partial charge in [-0.25, -0.2) is 0 Å². The molecule has 1 aromatic heterocycles. The smallest absolute Gasteiger partial charge is 0.197 e. The van der Waals surface area contributed by atoms with Crippen molar-refractivity contribution in [2.24, 2.45) is 0 Å². The molecule has 0 unspecified atom stereocenters. The number of hydrogen-bond donors (Lipinski definition) is 1. The van der Waals surface area contributed by atoms with Crippen LogP contribution in [-0.4, -0.2) is 11.8 Å². The first kappa shape index (κ1) is 44.0. The zero-order chi connectivity index (χ0) is 46.7. The summed E-state index contributed by atoms with van der Waals surface area (Å²) in [6.07, 6.45) is 9.59. The third-order valence-electron chi connectivity index (χ3n) is 15.3. The topological polar surface area (TPSA) is 17.0 Å². The molecule has 0 fully saturated rings. The van der Waals surface area contributed by atoms with Gasteiger partial charge in [-0.1, -0.05) is 189 Å². The van der Waals surface area contributed by atoms with E-state index in [1.807, 2.05) is 0 Å². The van der Waals surface area contributed by atoms with Gasteiger partial charge in [-0.3, -0.25) is 0 Å². The molecule has 2 heterocycles. The van der Waals surface area contributed by atoms with Crippen LogP contribution in [0.25, 0.3) is 72.0 Å². The Labute approximate surface area is 405 Å². The summed E-state index contributed by atoms with van der Waals surface area (Å²) in [4.78, 5) is 0. The molecule has 2 aliphatic rings. The molecule has 0 bridgehead atoms. The van der Waals surface area contributed by atoms with Gasteiger partial charge in [-0.05, 0) is 152 Å². The van der Waals surface area contributed by atoms with Gasteiger partial charge in [0.25, 0.3) is 0 Å². The van der Waals surface area contributed by atoms with E-state index in [4.69, 9.17) is 0 Å². The summed E-state index contributed by atoms with van der Waals surface area (Å²) in [6.45, 7) is 16.4. The highest BCUT2D eigenvalue weighted by molar-refractivity contribution is 6.73. The molecule has 2 nitrogen and oxygen atoms in total. The van der Waals surface area contributed by atoms with Crippen molar-refractivity contribution in [2.45, 2.75) is 111 Å². The number of nitrogens with one attached hydrogen (secondary N) is 1. The fourth-order valence-corrected chi connectivity index (χ4v) is 11.5. The molecule has 0 spiro atoms. The molecule has 0 saturated carbocycles. The van der Waals surface area contributed by atoms with E-state index in [1.54, 1.807) is 0 Å². The molecule has 1 aliphatic heterocycles. The summed E-state index contributed by atoms with van der Waals surface area (Å²) in [5, 5.41) is 6.68. The van der Waals surface area contributed by atoms with Gasteiger partial charge in [0.15, 0.2) is 7.28 Å². The van der Waals surface area contributed by atoms with Gasteiger partial charge in [0, 0.05) is 44.3 Å². The lowest BCUT2D eigenvalue weighted by Crippen LogP contribution is -2.37. The highest BCUT2D eigenvalue weighted by Crippen LogP contribution is 2.53. The molecule has 0 saturated heterocycles. The predicted molar refractivity (Wildman–Crippen MR) is 295 cm³/mol. The van der Waals surface area contributed by atoms with Crippen molar-refractivity contribution < 1.29 is 0 Å². The monoisotopic (exact) mass is 884 g/mol. The van der Waals surface area contributed by atoms with E-state index in [0.717, 1.165) is 24.2 Å². The molecule has 1 aliphatic carbocycles. The van der Waals surface area contributed by atoms with E-state index < -0.39 is 0 Å². The average molecular weight is 884 g/mol. The molecule has 8 aromatic carbocycles. The van der Waals surface area contributed by atoms with Gasteiger partial charge in [-0.2, -0.15) is 0 Å². The van der Waals surface area contributed by atoms with E-state index in [1.165, 1.54) is 149 Å². The minimum atomic E-state index is -0.175. The van der Waals surface area contributed by atoms with Crippen molar-refractivity contribution in [1.82, 2.24) is 4.57 Å². The number of aromatic nitrogens is 1. The summed E-state index contributed by atoms with van der Waals surface area (Å²) in [7, 11) is 2.54. The second-order valence-electron chi connectivity index (χ2n) is 21.2. The molecule has 0 atom stereocenters. The number of hydrogen-bond acceptors (Lipinski definition) is 1. The van der Waals surface area contributed by atoms with Crippen molar-refractivity contribution in [3.05, 3.63) is 186 Å². The third-order valence-corrected chi connectivity index (χ3v) is 15.3. The SMILES string of the molecule is CCCCCc1ccc(Nc2cc3c(cc2-c2cc(-c4ccccc4-c4ccccc4)c4c5cc(C(C)(C)C)ccc5n5c4c2[B]c2cc(CCCCC)ccc2-5)C(C)(C)c2ccccc2-3)cc1. The maximum Gasteiger partial charge on any atom is 0.197 e. The highest BCUT2D eigenvalue weighted by Gasteiger charge is 2.37. The van der Waals surface area contributed by atoms with E-state index in [9.17, 15) is 0 Å². The molecule has 11 rings (SSSR count). The first-order valence-corrected chi connectivity index (χ1v) is 25.5. The van der Waals surface area contributed by atoms with Crippen LogP contribution in [0, 0.1) is 0 Å². The Morgan fingerprint density at radius 1 is 0.544 bits per heavy atom. The second kappa shape index (κ2) is 17.5. The Morgan fingerprint density at radius 2 is 1.22 bits per heavy atom. The zero-order valence-electron chi connectivity index (χ0n) is 41.2. The van der Waals surface area contributed by atoms with Crippen molar-refractivity contribution in [3.8, 4) is 50.2 Å². The van der Waals surface area contributed by atoms with Gasteiger partial charge in [0.2, 0.25) is 0 Å². The lowest BCUT2D eigenvalue weighted by atomic mass is 9.58. The number of anilines is 2. The van der Waals surface area contributed by atoms with Crippen molar-refractivity contribution in [2.75, 3.05) is 5.32 Å². The summed E-state index contributed by atoms with van der Waals surface area (Å²) < 4.78 is 2.62. The molecule has 1 N–H and O–H groups in total. The molecule has 1 radical (unpaired) electrons. The third kappa shape index (κ3) is 7.60. The maximum atomic E-state index is 4.07. The van der Waals surface area contributed by atoms with Crippen LogP contribution in [0.1, 0.15) is 115 Å². The first-order chi connectivity index (χ1) is 33.0. The zero-order valence-corrected chi connectivity index (χ0v) is 41.2. The van der Waals surface area contributed by atoms with Gasteiger partial charge in [0.05, 0.1) is 5.52 Å². The molecule has 3 heteroatoms. The predicted octanol–water partition coefficient (Wildman–Crippen LogP) is 16.6. The van der Waals surface area contributed by atoms with Crippen LogP contribution in [-0.2, 0) is 23.7 Å². The molecule has 9 aromatic rings. The van der Waals surface area contributed by atoms with Crippen LogP contribution in [0.5, 0.6) is 0 Å². The van der Waals surface area contributed by atoms with Gasteiger partial charge >= 0.3 is 0 Å². The largest absolute Gasteiger partial charge is 0.355 e. The number of aryl methyl sites for hydroxylation is 2. The summed E-state index contributed by atoms with van der Waals surface area (Å²) in [5.41, 5.74) is 25.3. The average Bonchev–Trinajstić information content (AvgIpc) is 3.81. The van der Waals surface area contributed by atoms with Crippen LogP contribution in [0.15, 0.2) is 158 Å². The number of fused-ring (bicyclic) bond motifs is 8. The second-order valence-corrected chi connectivity index (χ2v) is 21.2. The summed E-state index contributed by atoms with van der Waals surface area (Å²) in [5.74, 6) is 0.